The van der Waals surface area contributed by atoms with E-state index in [1.165, 1.54) is 27.1 Å². The van der Waals surface area contributed by atoms with Gasteiger partial charge < -0.3 is 11.1 Å². The maximum Gasteiger partial charge on any atom is 0.248 e. The van der Waals surface area contributed by atoms with Crippen molar-refractivity contribution in [3.8, 4) is 0 Å². The Morgan fingerprint density at radius 1 is 1.00 bits per heavy atom. The number of benzene rings is 2. The van der Waals surface area contributed by atoms with Gasteiger partial charge in [0.1, 0.15) is 0 Å². The van der Waals surface area contributed by atoms with Crippen LogP contribution in [0.15, 0.2) is 35.2 Å². The molecular weight excluding hydrogens is 320 g/mol. The van der Waals surface area contributed by atoms with Gasteiger partial charge in [-0.2, -0.15) is 0 Å². The number of nitrogens with one attached hydrogen (secondary N) is 1. The maximum absolute atomic E-state index is 12.2. The first kappa shape index (κ1) is 18.1. The third kappa shape index (κ3) is 4.17. The smallest absolute Gasteiger partial charge is 0.248 e. The van der Waals surface area contributed by atoms with Gasteiger partial charge in [0.2, 0.25) is 11.8 Å². The number of rotatable bonds is 5. The molecule has 0 aliphatic carbocycles. The van der Waals surface area contributed by atoms with Crippen molar-refractivity contribution in [2.24, 2.45) is 5.73 Å². The number of nitrogens with two attached hydrogens (primary N) is 1. The van der Waals surface area contributed by atoms with Crippen molar-refractivity contribution in [1.29, 1.82) is 0 Å². The average molecular weight is 342 g/mol. The van der Waals surface area contributed by atoms with Gasteiger partial charge >= 0.3 is 0 Å². The molecule has 2 rings (SSSR count). The SMILES string of the molecule is Cc1cc(C)c(C)c(SCC(=O)Nc2ccc(C(N)=O)cc2)c1C. The second-order valence-corrected chi connectivity index (χ2v) is 6.85. The van der Waals surface area contributed by atoms with Gasteiger partial charge in [-0.1, -0.05) is 6.07 Å². The van der Waals surface area contributed by atoms with Crippen molar-refractivity contribution in [3.63, 3.8) is 0 Å². The fourth-order valence-corrected chi connectivity index (χ4v) is 3.55. The predicted octanol–water partition coefficient (Wildman–Crippen LogP) is 3.75. The number of anilines is 1. The zero-order chi connectivity index (χ0) is 17.9. The average Bonchev–Trinajstić information content (AvgIpc) is 2.53. The minimum atomic E-state index is -0.482. The van der Waals surface area contributed by atoms with Crippen LogP contribution in [0.2, 0.25) is 0 Å². The first-order valence-electron chi connectivity index (χ1n) is 7.69. The van der Waals surface area contributed by atoms with Crippen LogP contribution in [0.4, 0.5) is 5.69 Å². The van der Waals surface area contributed by atoms with Crippen LogP contribution < -0.4 is 11.1 Å². The van der Waals surface area contributed by atoms with Crippen LogP contribution in [0.1, 0.15) is 32.6 Å². The third-order valence-corrected chi connectivity index (χ3v) is 5.41. The number of hydrogen-bond acceptors (Lipinski definition) is 3. The van der Waals surface area contributed by atoms with Crippen molar-refractivity contribution in [2.45, 2.75) is 32.6 Å². The highest BCUT2D eigenvalue weighted by Crippen LogP contribution is 2.30. The first-order valence-corrected chi connectivity index (χ1v) is 8.68. The molecule has 0 heterocycles. The molecule has 24 heavy (non-hydrogen) atoms. The van der Waals surface area contributed by atoms with Gasteiger partial charge in [0.25, 0.3) is 0 Å². The molecule has 5 heteroatoms. The summed E-state index contributed by atoms with van der Waals surface area (Å²) in [4.78, 5) is 24.4. The number of carbonyl (C=O) groups is 2. The van der Waals surface area contributed by atoms with Gasteiger partial charge in [-0.25, -0.2) is 0 Å². The van der Waals surface area contributed by atoms with Gasteiger partial charge in [0, 0.05) is 16.1 Å². The van der Waals surface area contributed by atoms with Crippen LogP contribution in [0.25, 0.3) is 0 Å². The molecule has 0 fully saturated rings. The quantitative estimate of drug-likeness (QED) is 0.813. The van der Waals surface area contributed by atoms with Crippen LogP contribution in [0.5, 0.6) is 0 Å². The van der Waals surface area contributed by atoms with Gasteiger partial charge in [0.15, 0.2) is 0 Å². The standard InChI is InChI=1S/C19H22N2O2S/c1-11-9-12(2)14(4)18(13(11)3)24-10-17(22)21-16-7-5-15(6-8-16)19(20)23/h5-9H,10H2,1-4H3,(H2,20,23)(H,21,22). The van der Waals surface area contributed by atoms with E-state index in [1.54, 1.807) is 36.0 Å². The molecule has 0 unspecified atom stereocenters. The minimum absolute atomic E-state index is 0.0789. The van der Waals surface area contributed by atoms with E-state index < -0.39 is 5.91 Å². The summed E-state index contributed by atoms with van der Waals surface area (Å²) >= 11 is 1.55. The molecule has 0 aromatic heterocycles. The summed E-state index contributed by atoms with van der Waals surface area (Å²) in [6.45, 7) is 8.35. The monoisotopic (exact) mass is 342 g/mol. The molecule has 2 aromatic carbocycles. The lowest BCUT2D eigenvalue weighted by molar-refractivity contribution is -0.113. The summed E-state index contributed by atoms with van der Waals surface area (Å²) in [6, 6.07) is 8.73. The minimum Gasteiger partial charge on any atom is -0.366 e. The fraction of sp³-hybridized carbons (Fsp3) is 0.263. The summed E-state index contributed by atoms with van der Waals surface area (Å²) in [5.74, 6) is -0.226. The van der Waals surface area contributed by atoms with Gasteiger partial charge in [-0.15, -0.1) is 11.8 Å². The van der Waals surface area contributed by atoms with E-state index in [1.807, 2.05) is 0 Å². The zero-order valence-corrected chi connectivity index (χ0v) is 15.2. The van der Waals surface area contributed by atoms with Crippen molar-refractivity contribution < 1.29 is 9.59 Å². The highest BCUT2D eigenvalue weighted by Gasteiger charge is 2.11. The van der Waals surface area contributed by atoms with E-state index >= 15 is 0 Å². The Kier molecular flexibility index (Phi) is 5.67. The van der Waals surface area contributed by atoms with Crippen molar-refractivity contribution in [1.82, 2.24) is 0 Å². The molecule has 0 bridgehead atoms. The third-order valence-electron chi connectivity index (χ3n) is 4.10. The van der Waals surface area contributed by atoms with Crippen molar-refractivity contribution in [2.75, 3.05) is 11.1 Å². The molecule has 0 aliphatic rings. The molecule has 3 N–H and O–H groups in total. The summed E-state index contributed by atoms with van der Waals surface area (Å²) in [6.07, 6.45) is 0. The second-order valence-electron chi connectivity index (χ2n) is 5.87. The number of thioether (sulfide) groups is 1. The van der Waals surface area contributed by atoms with Crippen LogP contribution in [0.3, 0.4) is 0 Å². The van der Waals surface area contributed by atoms with Crippen LogP contribution in [-0.4, -0.2) is 17.6 Å². The summed E-state index contributed by atoms with van der Waals surface area (Å²) in [5.41, 5.74) is 11.2. The molecule has 0 atom stereocenters. The first-order chi connectivity index (χ1) is 11.3. The number of amides is 2. The number of hydrogen-bond donors (Lipinski definition) is 2. The van der Waals surface area contributed by atoms with Gasteiger partial charge in [-0.3, -0.25) is 9.59 Å². The highest BCUT2D eigenvalue weighted by atomic mass is 32.2. The van der Waals surface area contributed by atoms with E-state index in [9.17, 15) is 9.59 Å². The van der Waals surface area contributed by atoms with Crippen molar-refractivity contribution in [3.05, 3.63) is 58.1 Å². The predicted molar refractivity (Wildman–Crippen MR) is 99.7 cm³/mol. The fourth-order valence-electron chi connectivity index (χ4n) is 2.45. The zero-order valence-electron chi connectivity index (χ0n) is 14.4. The number of primary amides is 1. The van der Waals surface area contributed by atoms with E-state index in [-0.39, 0.29) is 5.91 Å². The van der Waals surface area contributed by atoms with E-state index in [0.29, 0.717) is 17.0 Å². The Bertz CT molecular complexity index is 757. The lowest BCUT2D eigenvalue weighted by Crippen LogP contribution is -2.15. The molecule has 0 aliphatic heterocycles. The Labute approximate surface area is 146 Å². The molecule has 0 radical (unpaired) electrons. The Morgan fingerprint density at radius 2 is 1.54 bits per heavy atom. The number of carbonyl (C=O) groups excluding carboxylic acids is 2. The summed E-state index contributed by atoms with van der Waals surface area (Å²) < 4.78 is 0. The van der Waals surface area contributed by atoms with Gasteiger partial charge in [-0.05, 0) is 74.2 Å². The van der Waals surface area contributed by atoms with E-state index in [0.717, 1.165) is 0 Å². The molecule has 0 saturated heterocycles. The van der Waals surface area contributed by atoms with Crippen LogP contribution in [0, 0.1) is 27.7 Å². The summed E-state index contributed by atoms with van der Waals surface area (Å²) in [5, 5.41) is 2.83. The molecule has 2 aromatic rings. The lowest BCUT2D eigenvalue weighted by atomic mass is 10.0. The van der Waals surface area contributed by atoms with Gasteiger partial charge in [0.05, 0.1) is 5.75 Å². The molecule has 4 nitrogen and oxygen atoms in total. The maximum atomic E-state index is 12.2. The normalized spacial score (nSPS) is 10.5. The number of aryl methyl sites for hydroxylation is 2. The van der Waals surface area contributed by atoms with Crippen LogP contribution in [-0.2, 0) is 4.79 Å². The molecule has 0 spiro atoms. The van der Waals surface area contributed by atoms with E-state index in [2.05, 4.69) is 39.1 Å². The molecule has 2 amide bonds. The Balaban J connectivity index is 2.02. The van der Waals surface area contributed by atoms with Crippen molar-refractivity contribution >= 4 is 29.3 Å². The Hall–Kier alpha value is -2.27. The Morgan fingerprint density at radius 3 is 2.04 bits per heavy atom. The summed E-state index contributed by atoms with van der Waals surface area (Å²) in [7, 11) is 0. The highest BCUT2D eigenvalue weighted by molar-refractivity contribution is 8.00. The molecule has 0 saturated carbocycles. The molecule has 126 valence electrons. The van der Waals surface area contributed by atoms with E-state index in [4.69, 9.17) is 5.73 Å². The molecular formula is C19H22N2O2S. The topological polar surface area (TPSA) is 72.2 Å². The second kappa shape index (κ2) is 7.53. The lowest BCUT2D eigenvalue weighted by Gasteiger charge is -2.14. The largest absolute Gasteiger partial charge is 0.366 e. The van der Waals surface area contributed by atoms with Crippen LogP contribution >= 0.6 is 11.8 Å².